The summed E-state index contributed by atoms with van der Waals surface area (Å²) in [6, 6.07) is 14.5. The highest BCUT2D eigenvalue weighted by atomic mass is 16.3. The number of hydrogen-bond acceptors (Lipinski definition) is 2. The van der Waals surface area contributed by atoms with Crippen LogP contribution in [0.2, 0.25) is 0 Å². The Balaban J connectivity index is 2.02. The zero-order chi connectivity index (χ0) is 13.8. The minimum absolute atomic E-state index is 0.264. The quantitative estimate of drug-likeness (QED) is 0.869. The third kappa shape index (κ3) is 3.58. The molecular formula is C17H21NO. The molecule has 0 saturated carbocycles. The summed E-state index contributed by atoms with van der Waals surface area (Å²) in [4.78, 5) is 0. The zero-order valence-electron chi connectivity index (χ0n) is 11.8. The van der Waals surface area contributed by atoms with Gasteiger partial charge in [0.25, 0.3) is 0 Å². The van der Waals surface area contributed by atoms with Gasteiger partial charge in [0.05, 0.1) is 0 Å². The molecule has 2 N–H and O–H groups in total. The molecule has 0 radical (unpaired) electrons. The largest absolute Gasteiger partial charge is 0.508 e. The molecule has 1 atom stereocenters. The van der Waals surface area contributed by atoms with Gasteiger partial charge in [0.2, 0.25) is 0 Å². The topological polar surface area (TPSA) is 32.3 Å². The lowest BCUT2D eigenvalue weighted by Crippen LogP contribution is -2.18. The van der Waals surface area contributed by atoms with Gasteiger partial charge in [-0.05, 0) is 32.4 Å². The van der Waals surface area contributed by atoms with Crippen molar-refractivity contribution in [2.45, 2.75) is 33.4 Å². The minimum atomic E-state index is 0.264. The standard InChI is InChI=1S/C17H21NO/c1-12-4-7-15(8-5-12)14(3)18-11-16-10-13(2)6-9-17(16)19/h4-10,14,18-19H,11H2,1-3H3. The normalized spacial score (nSPS) is 12.4. The van der Waals surface area contributed by atoms with E-state index in [1.54, 1.807) is 6.07 Å². The van der Waals surface area contributed by atoms with Crippen LogP contribution in [-0.2, 0) is 6.54 Å². The van der Waals surface area contributed by atoms with E-state index >= 15 is 0 Å². The second-order valence-electron chi connectivity index (χ2n) is 5.15. The Morgan fingerprint density at radius 1 is 1.00 bits per heavy atom. The predicted octanol–water partition coefficient (Wildman–Crippen LogP) is 3.86. The van der Waals surface area contributed by atoms with E-state index in [4.69, 9.17) is 0 Å². The van der Waals surface area contributed by atoms with Crippen LogP contribution < -0.4 is 5.32 Å². The smallest absolute Gasteiger partial charge is 0.120 e. The molecule has 2 rings (SSSR count). The molecule has 0 fully saturated rings. The highest BCUT2D eigenvalue weighted by Gasteiger charge is 2.06. The highest BCUT2D eigenvalue weighted by Crippen LogP contribution is 2.20. The van der Waals surface area contributed by atoms with Crippen molar-refractivity contribution in [1.82, 2.24) is 5.32 Å². The fraction of sp³-hybridized carbons (Fsp3) is 0.294. The first kappa shape index (κ1) is 13.6. The van der Waals surface area contributed by atoms with Crippen LogP contribution >= 0.6 is 0 Å². The van der Waals surface area contributed by atoms with Crippen molar-refractivity contribution in [2.24, 2.45) is 0 Å². The van der Waals surface area contributed by atoms with Gasteiger partial charge in [-0.3, -0.25) is 0 Å². The molecule has 0 aromatic heterocycles. The number of rotatable bonds is 4. The Morgan fingerprint density at radius 3 is 2.32 bits per heavy atom. The molecule has 0 heterocycles. The van der Waals surface area contributed by atoms with Gasteiger partial charge < -0.3 is 10.4 Å². The van der Waals surface area contributed by atoms with Crippen LogP contribution in [0, 0.1) is 13.8 Å². The second kappa shape index (κ2) is 5.89. The predicted molar refractivity (Wildman–Crippen MR) is 79.3 cm³/mol. The van der Waals surface area contributed by atoms with E-state index in [9.17, 15) is 5.11 Å². The van der Waals surface area contributed by atoms with Crippen molar-refractivity contribution in [2.75, 3.05) is 0 Å². The van der Waals surface area contributed by atoms with Crippen molar-refractivity contribution in [3.63, 3.8) is 0 Å². The van der Waals surface area contributed by atoms with E-state index in [1.165, 1.54) is 11.1 Å². The number of aryl methyl sites for hydroxylation is 2. The Kier molecular flexibility index (Phi) is 4.23. The SMILES string of the molecule is Cc1ccc(C(C)NCc2cc(C)ccc2O)cc1. The minimum Gasteiger partial charge on any atom is -0.508 e. The van der Waals surface area contributed by atoms with Crippen molar-refractivity contribution in [1.29, 1.82) is 0 Å². The lowest BCUT2D eigenvalue weighted by atomic mass is 10.1. The van der Waals surface area contributed by atoms with Crippen LogP contribution in [0.5, 0.6) is 5.75 Å². The molecule has 2 nitrogen and oxygen atoms in total. The molecule has 2 heteroatoms. The summed E-state index contributed by atoms with van der Waals surface area (Å²) >= 11 is 0. The van der Waals surface area contributed by atoms with Crippen LogP contribution in [0.4, 0.5) is 0 Å². The first-order chi connectivity index (χ1) is 9.06. The van der Waals surface area contributed by atoms with Gasteiger partial charge in [0.15, 0.2) is 0 Å². The van der Waals surface area contributed by atoms with E-state index in [0.29, 0.717) is 12.3 Å². The first-order valence-electron chi connectivity index (χ1n) is 6.64. The lowest BCUT2D eigenvalue weighted by molar-refractivity contribution is 0.460. The monoisotopic (exact) mass is 255 g/mol. The fourth-order valence-corrected chi connectivity index (χ4v) is 2.09. The number of phenolic OH excluding ortho intramolecular Hbond substituents is 1. The summed E-state index contributed by atoms with van der Waals surface area (Å²) in [5.41, 5.74) is 4.64. The van der Waals surface area contributed by atoms with Gasteiger partial charge in [-0.15, -0.1) is 0 Å². The van der Waals surface area contributed by atoms with Crippen LogP contribution in [0.15, 0.2) is 42.5 Å². The van der Waals surface area contributed by atoms with Crippen molar-refractivity contribution in [3.05, 3.63) is 64.7 Å². The number of phenols is 1. The second-order valence-corrected chi connectivity index (χ2v) is 5.15. The summed E-state index contributed by atoms with van der Waals surface area (Å²) in [6.07, 6.45) is 0. The molecule has 2 aromatic rings. The van der Waals surface area contributed by atoms with Gasteiger partial charge in [-0.25, -0.2) is 0 Å². The summed E-state index contributed by atoms with van der Waals surface area (Å²) < 4.78 is 0. The molecule has 0 aliphatic heterocycles. The van der Waals surface area contributed by atoms with E-state index < -0.39 is 0 Å². The zero-order valence-corrected chi connectivity index (χ0v) is 11.8. The lowest BCUT2D eigenvalue weighted by Gasteiger charge is -2.15. The van der Waals surface area contributed by atoms with Gasteiger partial charge >= 0.3 is 0 Å². The van der Waals surface area contributed by atoms with E-state index in [2.05, 4.69) is 43.4 Å². The average Bonchev–Trinajstić information content (AvgIpc) is 2.40. The van der Waals surface area contributed by atoms with Crippen molar-refractivity contribution in [3.8, 4) is 5.75 Å². The third-order valence-corrected chi connectivity index (χ3v) is 3.41. The molecule has 0 bridgehead atoms. The van der Waals surface area contributed by atoms with Gasteiger partial charge in [-0.1, -0.05) is 47.5 Å². The average molecular weight is 255 g/mol. The maximum atomic E-state index is 9.81. The van der Waals surface area contributed by atoms with Crippen LogP contribution in [0.1, 0.15) is 35.2 Å². The number of hydrogen-bond donors (Lipinski definition) is 2. The molecule has 0 saturated heterocycles. The van der Waals surface area contributed by atoms with Gasteiger partial charge in [0.1, 0.15) is 5.75 Å². The molecule has 2 aromatic carbocycles. The van der Waals surface area contributed by atoms with E-state index in [0.717, 1.165) is 11.1 Å². The molecule has 0 spiro atoms. The summed E-state index contributed by atoms with van der Waals surface area (Å²) in [7, 11) is 0. The molecule has 0 amide bonds. The maximum absolute atomic E-state index is 9.81. The number of aromatic hydroxyl groups is 1. The van der Waals surface area contributed by atoms with Crippen LogP contribution in [-0.4, -0.2) is 5.11 Å². The number of benzene rings is 2. The Hall–Kier alpha value is -1.80. The summed E-state index contributed by atoms with van der Waals surface area (Å²) in [6.45, 7) is 6.93. The summed E-state index contributed by atoms with van der Waals surface area (Å²) in [5.74, 6) is 0.356. The van der Waals surface area contributed by atoms with Gasteiger partial charge in [0, 0.05) is 18.2 Å². The molecular weight excluding hydrogens is 234 g/mol. The fourth-order valence-electron chi connectivity index (χ4n) is 2.09. The van der Waals surface area contributed by atoms with Crippen molar-refractivity contribution >= 4 is 0 Å². The van der Waals surface area contributed by atoms with E-state index in [1.807, 2.05) is 19.1 Å². The van der Waals surface area contributed by atoms with Gasteiger partial charge in [-0.2, -0.15) is 0 Å². The first-order valence-corrected chi connectivity index (χ1v) is 6.64. The van der Waals surface area contributed by atoms with Crippen LogP contribution in [0.25, 0.3) is 0 Å². The number of nitrogens with one attached hydrogen (secondary N) is 1. The Bertz CT molecular complexity index is 546. The molecule has 100 valence electrons. The Morgan fingerprint density at radius 2 is 1.63 bits per heavy atom. The van der Waals surface area contributed by atoms with Crippen molar-refractivity contribution < 1.29 is 5.11 Å². The molecule has 19 heavy (non-hydrogen) atoms. The maximum Gasteiger partial charge on any atom is 0.120 e. The molecule has 0 aliphatic carbocycles. The summed E-state index contributed by atoms with van der Waals surface area (Å²) in [5, 5.41) is 13.3. The van der Waals surface area contributed by atoms with E-state index in [-0.39, 0.29) is 6.04 Å². The molecule has 0 aliphatic rings. The van der Waals surface area contributed by atoms with Crippen LogP contribution in [0.3, 0.4) is 0 Å². The third-order valence-electron chi connectivity index (χ3n) is 3.41. The highest BCUT2D eigenvalue weighted by molar-refractivity contribution is 5.35. The Labute approximate surface area is 115 Å². The molecule has 1 unspecified atom stereocenters.